The number of halogens is 2. The minimum atomic E-state index is -0.315. The molecule has 0 saturated heterocycles. The Hall–Kier alpha value is -1.58. The summed E-state index contributed by atoms with van der Waals surface area (Å²) in [7, 11) is 2.01. The minimum absolute atomic E-state index is 0.194. The standard InChI is InChI=1S/C16H18ClFN2/c1-11(12-4-3-5-15(19)8-12)20(2)10-13-6-7-14(18)9-16(13)17/h3-9,11H,10,19H2,1-2H3. The molecular weight excluding hydrogens is 275 g/mol. The van der Waals surface area contributed by atoms with Crippen LogP contribution >= 0.6 is 11.6 Å². The first-order valence-electron chi connectivity index (χ1n) is 6.47. The summed E-state index contributed by atoms with van der Waals surface area (Å²) in [5.74, 6) is -0.315. The van der Waals surface area contributed by atoms with Gasteiger partial charge in [0.2, 0.25) is 0 Å². The van der Waals surface area contributed by atoms with Crippen LogP contribution in [0.3, 0.4) is 0 Å². The molecular formula is C16H18ClFN2. The summed E-state index contributed by atoms with van der Waals surface area (Å²) in [6, 6.07) is 12.5. The second-order valence-electron chi connectivity index (χ2n) is 5.00. The number of benzene rings is 2. The molecule has 2 N–H and O–H groups in total. The van der Waals surface area contributed by atoms with E-state index in [0.717, 1.165) is 16.8 Å². The second kappa shape index (κ2) is 6.25. The van der Waals surface area contributed by atoms with Crippen LogP contribution in [0.1, 0.15) is 24.1 Å². The highest BCUT2D eigenvalue weighted by atomic mass is 35.5. The van der Waals surface area contributed by atoms with Crippen molar-refractivity contribution in [2.75, 3.05) is 12.8 Å². The molecule has 0 fully saturated rings. The maximum absolute atomic E-state index is 13.0. The predicted molar refractivity (Wildman–Crippen MR) is 82.1 cm³/mol. The normalized spacial score (nSPS) is 12.7. The lowest BCUT2D eigenvalue weighted by Crippen LogP contribution is -2.22. The van der Waals surface area contributed by atoms with Gasteiger partial charge in [0.25, 0.3) is 0 Å². The Labute approximate surface area is 124 Å². The first-order chi connectivity index (χ1) is 9.47. The van der Waals surface area contributed by atoms with E-state index >= 15 is 0 Å². The Bertz CT molecular complexity index is 601. The van der Waals surface area contributed by atoms with Gasteiger partial charge < -0.3 is 5.73 Å². The molecule has 2 aromatic carbocycles. The fourth-order valence-electron chi connectivity index (χ4n) is 2.13. The van der Waals surface area contributed by atoms with E-state index in [1.807, 2.05) is 31.3 Å². The number of rotatable bonds is 4. The van der Waals surface area contributed by atoms with Gasteiger partial charge in [-0.25, -0.2) is 4.39 Å². The van der Waals surface area contributed by atoms with Gasteiger partial charge in [-0.1, -0.05) is 29.8 Å². The van der Waals surface area contributed by atoms with E-state index in [1.165, 1.54) is 12.1 Å². The summed E-state index contributed by atoms with van der Waals surface area (Å²) in [4.78, 5) is 2.15. The zero-order chi connectivity index (χ0) is 14.7. The summed E-state index contributed by atoms with van der Waals surface area (Å²) >= 11 is 6.06. The quantitative estimate of drug-likeness (QED) is 0.854. The predicted octanol–water partition coefficient (Wildman–Crippen LogP) is 4.25. The monoisotopic (exact) mass is 292 g/mol. The van der Waals surface area contributed by atoms with Crippen molar-refractivity contribution in [2.45, 2.75) is 19.5 Å². The molecule has 0 aromatic heterocycles. The average molecular weight is 293 g/mol. The average Bonchev–Trinajstić information content (AvgIpc) is 2.41. The van der Waals surface area contributed by atoms with Crippen molar-refractivity contribution in [1.29, 1.82) is 0 Å². The molecule has 0 heterocycles. The lowest BCUT2D eigenvalue weighted by molar-refractivity contribution is 0.253. The summed E-state index contributed by atoms with van der Waals surface area (Å²) in [5, 5.41) is 0.455. The summed E-state index contributed by atoms with van der Waals surface area (Å²) in [6.07, 6.45) is 0. The van der Waals surface area contributed by atoms with Gasteiger partial charge in [0.05, 0.1) is 0 Å². The van der Waals surface area contributed by atoms with E-state index in [1.54, 1.807) is 6.07 Å². The van der Waals surface area contributed by atoms with Crippen molar-refractivity contribution in [1.82, 2.24) is 4.90 Å². The molecule has 4 heteroatoms. The van der Waals surface area contributed by atoms with Crippen LogP contribution in [-0.4, -0.2) is 11.9 Å². The first-order valence-corrected chi connectivity index (χ1v) is 6.85. The highest BCUT2D eigenvalue weighted by Crippen LogP contribution is 2.25. The number of anilines is 1. The van der Waals surface area contributed by atoms with E-state index in [4.69, 9.17) is 17.3 Å². The number of hydrogen-bond donors (Lipinski definition) is 1. The first kappa shape index (κ1) is 14.8. The molecule has 106 valence electrons. The third kappa shape index (κ3) is 3.50. The topological polar surface area (TPSA) is 29.3 Å². The van der Waals surface area contributed by atoms with Crippen LogP contribution in [0, 0.1) is 5.82 Å². The highest BCUT2D eigenvalue weighted by Gasteiger charge is 2.13. The third-order valence-electron chi connectivity index (χ3n) is 3.49. The van der Waals surface area contributed by atoms with Gasteiger partial charge in [-0.2, -0.15) is 0 Å². The molecule has 2 rings (SSSR count). The molecule has 0 saturated carbocycles. The molecule has 0 aliphatic heterocycles. The highest BCUT2D eigenvalue weighted by molar-refractivity contribution is 6.31. The molecule has 20 heavy (non-hydrogen) atoms. The van der Waals surface area contributed by atoms with Crippen LogP contribution in [-0.2, 0) is 6.54 Å². The van der Waals surface area contributed by atoms with Crippen LogP contribution in [0.5, 0.6) is 0 Å². The minimum Gasteiger partial charge on any atom is -0.399 e. The van der Waals surface area contributed by atoms with Crippen LogP contribution < -0.4 is 5.73 Å². The van der Waals surface area contributed by atoms with E-state index in [-0.39, 0.29) is 11.9 Å². The van der Waals surface area contributed by atoms with Crippen molar-refractivity contribution >= 4 is 17.3 Å². The van der Waals surface area contributed by atoms with Gasteiger partial charge in [0.1, 0.15) is 5.82 Å². The molecule has 0 bridgehead atoms. The lowest BCUT2D eigenvalue weighted by atomic mass is 10.1. The zero-order valence-electron chi connectivity index (χ0n) is 11.6. The smallest absolute Gasteiger partial charge is 0.124 e. The Morgan fingerprint density at radius 2 is 2.00 bits per heavy atom. The Balaban J connectivity index is 2.13. The molecule has 0 spiro atoms. The van der Waals surface area contributed by atoms with Gasteiger partial charge in [-0.05, 0) is 49.4 Å². The Kier molecular flexibility index (Phi) is 4.63. The van der Waals surface area contributed by atoms with Crippen molar-refractivity contribution < 1.29 is 4.39 Å². The molecule has 2 aromatic rings. The molecule has 1 unspecified atom stereocenters. The van der Waals surface area contributed by atoms with Crippen molar-refractivity contribution in [3.63, 3.8) is 0 Å². The maximum atomic E-state index is 13.0. The second-order valence-corrected chi connectivity index (χ2v) is 5.40. The van der Waals surface area contributed by atoms with Gasteiger partial charge in [-0.3, -0.25) is 4.90 Å². The van der Waals surface area contributed by atoms with Gasteiger partial charge >= 0.3 is 0 Å². The lowest BCUT2D eigenvalue weighted by Gasteiger charge is -2.25. The fourth-order valence-corrected chi connectivity index (χ4v) is 2.36. The SMILES string of the molecule is CC(c1cccc(N)c1)N(C)Cc1ccc(F)cc1Cl. The van der Waals surface area contributed by atoms with Gasteiger partial charge in [0, 0.05) is 23.3 Å². The zero-order valence-corrected chi connectivity index (χ0v) is 12.4. The van der Waals surface area contributed by atoms with Crippen LogP contribution in [0.15, 0.2) is 42.5 Å². The Morgan fingerprint density at radius 3 is 2.65 bits per heavy atom. The number of nitrogens with two attached hydrogens (primary N) is 1. The van der Waals surface area contributed by atoms with Crippen LogP contribution in [0.2, 0.25) is 5.02 Å². The van der Waals surface area contributed by atoms with E-state index in [2.05, 4.69) is 11.8 Å². The molecule has 0 aliphatic rings. The van der Waals surface area contributed by atoms with Gasteiger partial charge in [0.15, 0.2) is 0 Å². The number of nitrogens with zero attached hydrogens (tertiary/aromatic N) is 1. The van der Waals surface area contributed by atoms with E-state index in [0.29, 0.717) is 11.6 Å². The summed E-state index contributed by atoms with van der Waals surface area (Å²) in [6.45, 7) is 2.75. The number of hydrogen-bond acceptors (Lipinski definition) is 2. The Morgan fingerprint density at radius 1 is 1.25 bits per heavy atom. The fraction of sp³-hybridized carbons (Fsp3) is 0.250. The maximum Gasteiger partial charge on any atom is 0.124 e. The molecule has 0 amide bonds. The molecule has 0 radical (unpaired) electrons. The summed E-state index contributed by atoms with van der Waals surface area (Å²) in [5.41, 5.74) is 8.61. The van der Waals surface area contributed by atoms with Crippen molar-refractivity contribution in [3.8, 4) is 0 Å². The number of nitrogen functional groups attached to an aromatic ring is 1. The van der Waals surface area contributed by atoms with Gasteiger partial charge in [-0.15, -0.1) is 0 Å². The van der Waals surface area contributed by atoms with Crippen molar-refractivity contribution in [2.24, 2.45) is 0 Å². The van der Waals surface area contributed by atoms with E-state index < -0.39 is 0 Å². The van der Waals surface area contributed by atoms with Crippen molar-refractivity contribution in [3.05, 3.63) is 64.4 Å². The summed E-state index contributed by atoms with van der Waals surface area (Å²) < 4.78 is 13.0. The van der Waals surface area contributed by atoms with Crippen LogP contribution in [0.25, 0.3) is 0 Å². The molecule has 0 aliphatic carbocycles. The third-order valence-corrected chi connectivity index (χ3v) is 3.84. The largest absolute Gasteiger partial charge is 0.399 e. The molecule has 1 atom stereocenters. The van der Waals surface area contributed by atoms with E-state index in [9.17, 15) is 4.39 Å². The molecule has 2 nitrogen and oxygen atoms in total. The van der Waals surface area contributed by atoms with Crippen LogP contribution in [0.4, 0.5) is 10.1 Å².